The van der Waals surface area contributed by atoms with Crippen molar-refractivity contribution in [1.29, 1.82) is 0 Å². The number of carbonyl (C=O) groups excluding carboxylic acids is 1. The number of nitrogens with zero attached hydrogens (tertiary/aromatic N) is 1. The van der Waals surface area contributed by atoms with Gasteiger partial charge in [0.1, 0.15) is 5.75 Å². The minimum Gasteiger partial charge on any atom is -0.434 e. The van der Waals surface area contributed by atoms with E-state index in [1.807, 2.05) is 12.1 Å². The van der Waals surface area contributed by atoms with E-state index in [-0.39, 0.29) is 22.9 Å². The summed E-state index contributed by atoms with van der Waals surface area (Å²) in [5.41, 5.74) is 0.290. The van der Waals surface area contributed by atoms with Crippen molar-refractivity contribution in [3.8, 4) is 5.75 Å². The van der Waals surface area contributed by atoms with Crippen molar-refractivity contribution in [2.24, 2.45) is 4.99 Å². The average molecular weight is 400 g/mol. The number of hydrogen-bond acceptors (Lipinski definition) is 5. The van der Waals surface area contributed by atoms with Crippen LogP contribution in [0.5, 0.6) is 5.75 Å². The number of halogens is 3. The molecule has 2 aromatic rings. The van der Waals surface area contributed by atoms with E-state index in [0.717, 1.165) is 8.66 Å². The number of thiophene rings is 1. The zero-order valence-electron chi connectivity index (χ0n) is 11.3. The summed E-state index contributed by atoms with van der Waals surface area (Å²) >= 11 is 4.75. The van der Waals surface area contributed by atoms with Crippen LogP contribution in [0.15, 0.2) is 50.9 Å². The molecule has 0 fully saturated rings. The van der Waals surface area contributed by atoms with E-state index in [2.05, 4.69) is 25.7 Å². The summed E-state index contributed by atoms with van der Waals surface area (Å²) in [5, 5.41) is 0. The summed E-state index contributed by atoms with van der Waals surface area (Å²) < 4.78 is 35.3. The number of para-hydroxylation sites is 1. The molecule has 0 bridgehead atoms. The van der Waals surface area contributed by atoms with E-state index < -0.39 is 12.6 Å². The minimum absolute atomic E-state index is 0.0619. The van der Waals surface area contributed by atoms with Gasteiger partial charge in [0.2, 0.25) is 5.90 Å². The number of hydrogen-bond donors (Lipinski definition) is 0. The lowest BCUT2D eigenvalue weighted by Crippen LogP contribution is -2.10. The van der Waals surface area contributed by atoms with Gasteiger partial charge in [-0.15, -0.1) is 11.3 Å². The number of ether oxygens (including phenoxy) is 2. The number of carbonyl (C=O) groups is 1. The highest BCUT2D eigenvalue weighted by atomic mass is 79.9. The van der Waals surface area contributed by atoms with Crippen molar-refractivity contribution in [3.05, 3.63) is 56.3 Å². The van der Waals surface area contributed by atoms with Gasteiger partial charge in [0.25, 0.3) is 0 Å². The fraction of sp³-hybridized carbons (Fsp3) is 0.0667. The second-order valence-corrected chi connectivity index (χ2v) is 6.85. The Hall–Kier alpha value is -2.06. The van der Waals surface area contributed by atoms with Gasteiger partial charge in [-0.1, -0.05) is 12.1 Å². The number of rotatable bonds is 4. The first kappa shape index (κ1) is 15.8. The molecule has 4 nitrogen and oxygen atoms in total. The molecular formula is C15H8BrF2NO3S. The Kier molecular flexibility index (Phi) is 4.53. The van der Waals surface area contributed by atoms with Gasteiger partial charge in [0.15, 0.2) is 5.70 Å². The van der Waals surface area contributed by atoms with Crippen LogP contribution in [0.1, 0.15) is 10.4 Å². The predicted molar refractivity (Wildman–Crippen MR) is 85.7 cm³/mol. The third-order valence-electron chi connectivity index (χ3n) is 2.83. The van der Waals surface area contributed by atoms with E-state index in [1.54, 1.807) is 18.2 Å². The van der Waals surface area contributed by atoms with Crippen LogP contribution in [0.25, 0.3) is 6.08 Å². The topological polar surface area (TPSA) is 47.9 Å². The second kappa shape index (κ2) is 6.59. The lowest BCUT2D eigenvalue weighted by atomic mass is 10.2. The SMILES string of the molecule is O=C1OC(c2ccccc2OC(F)F)=NC1=Cc1ccc(Br)s1. The summed E-state index contributed by atoms with van der Waals surface area (Å²) in [7, 11) is 0. The summed E-state index contributed by atoms with van der Waals surface area (Å²) in [6.45, 7) is -2.98. The molecule has 3 rings (SSSR count). The van der Waals surface area contributed by atoms with Gasteiger partial charge in [0.05, 0.1) is 9.35 Å². The number of cyclic esters (lactones) is 1. The van der Waals surface area contributed by atoms with E-state index in [4.69, 9.17) is 4.74 Å². The maximum Gasteiger partial charge on any atom is 0.387 e. The molecule has 1 aliphatic rings. The fourth-order valence-corrected chi connectivity index (χ4v) is 3.27. The fourth-order valence-electron chi connectivity index (χ4n) is 1.91. The van der Waals surface area contributed by atoms with E-state index >= 15 is 0 Å². The smallest absolute Gasteiger partial charge is 0.387 e. The Bertz CT molecular complexity index is 817. The van der Waals surface area contributed by atoms with Crippen molar-refractivity contribution in [3.63, 3.8) is 0 Å². The van der Waals surface area contributed by atoms with Crippen molar-refractivity contribution < 1.29 is 23.0 Å². The zero-order chi connectivity index (χ0) is 16.4. The van der Waals surface area contributed by atoms with Crippen LogP contribution in [-0.4, -0.2) is 18.5 Å². The van der Waals surface area contributed by atoms with Gasteiger partial charge in [-0.3, -0.25) is 0 Å². The van der Waals surface area contributed by atoms with Crippen LogP contribution < -0.4 is 4.74 Å². The molecule has 0 radical (unpaired) electrons. The standard InChI is InChI=1S/C15H8BrF2NO3S/c16-12-6-5-8(23-12)7-10-14(20)22-13(19-10)9-3-1-2-4-11(9)21-15(17)18/h1-7,15H. The van der Waals surface area contributed by atoms with E-state index in [1.165, 1.54) is 23.5 Å². The van der Waals surface area contributed by atoms with Gasteiger partial charge in [-0.25, -0.2) is 9.79 Å². The highest BCUT2D eigenvalue weighted by molar-refractivity contribution is 9.11. The van der Waals surface area contributed by atoms with Gasteiger partial charge in [-0.2, -0.15) is 8.78 Å². The van der Waals surface area contributed by atoms with Crippen molar-refractivity contribution in [1.82, 2.24) is 0 Å². The molecule has 0 saturated carbocycles. The normalized spacial score (nSPS) is 15.9. The second-order valence-electron chi connectivity index (χ2n) is 4.35. The Morgan fingerprint density at radius 2 is 2.04 bits per heavy atom. The Labute approximate surface area is 142 Å². The predicted octanol–water partition coefficient (Wildman–Crippen LogP) is 4.46. The molecule has 0 atom stereocenters. The van der Waals surface area contributed by atoms with Crippen molar-refractivity contribution >= 4 is 45.2 Å². The number of esters is 1. The molecule has 0 aliphatic carbocycles. The molecule has 118 valence electrons. The summed E-state index contributed by atoms with van der Waals surface area (Å²) in [6.07, 6.45) is 1.57. The third kappa shape index (κ3) is 3.65. The molecule has 0 N–H and O–H groups in total. The summed E-state index contributed by atoms with van der Waals surface area (Å²) in [6, 6.07) is 9.66. The molecule has 2 heterocycles. The summed E-state index contributed by atoms with van der Waals surface area (Å²) in [5.74, 6) is -0.807. The zero-order valence-corrected chi connectivity index (χ0v) is 13.7. The summed E-state index contributed by atoms with van der Waals surface area (Å²) in [4.78, 5) is 16.8. The van der Waals surface area contributed by atoms with Gasteiger partial charge >= 0.3 is 12.6 Å². The molecular weight excluding hydrogens is 392 g/mol. The quantitative estimate of drug-likeness (QED) is 0.563. The van der Waals surface area contributed by atoms with Crippen LogP contribution in [0.4, 0.5) is 8.78 Å². The molecule has 23 heavy (non-hydrogen) atoms. The largest absolute Gasteiger partial charge is 0.434 e. The highest BCUT2D eigenvalue weighted by Crippen LogP contribution is 2.28. The first-order chi connectivity index (χ1) is 11.0. The molecule has 1 aromatic carbocycles. The van der Waals surface area contributed by atoms with Crippen molar-refractivity contribution in [2.75, 3.05) is 0 Å². The average Bonchev–Trinajstić information content (AvgIpc) is 3.06. The van der Waals surface area contributed by atoms with Gasteiger partial charge in [-0.05, 0) is 46.3 Å². The first-order valence-electron chi connectivity index (χ1n) is 6.35. The maximum absolute atomic E-state index is 12.4. The van der Waals surface area contributed by atoms with Crippen LogP contribution in [-0.2, 0) is 9.53 Å². The molecule has 1 aromatic heterocycles. The van der Waals surface area contributed by atoms with Crippen LogP contribution >= 0.6 is 27.3 Å². The number of benzene rings is 1. The van der Waals surface area contributed by atoms with Crippen LogP contribution in [0.3, 0.4) is 0 Å². The Morgan fingerprint density at radius 3 is 2.74 bits per heavy atom. The molecule has 1 aliphatic heterocycles. The molecule has 0 unspecified atom stereocenters. The highest BCUT2D eigenvalue weighted by Gasteiger charge is 2.27. The van der Waals surface area contributed by atoms with E-state index in [9.17, 15) is 13.6 Å². The lowest BCUT2D eigenvalue weighted by molar-refractivity contribution is -0.129. The van der Waals surface area contributed by atoms with Gasteiger partial charge in [0, 0.05) is 4.88 Å². The molecule has 0 spiro atoms. The lowest BCUT2D eigenvalue weighted by Gasteiger charge is -2.08. The Morgan fingerprint density at radius 1 is 1.26 bits per heavy atom. The molecule has 0 amide bonds. The third-order valence-corrected chi connectivity index (χ3v) is 4.40. The molecule has 8 heteroatoms. The monoisotopic (exact) mass is 399 g/mol. The van der Waals surface area contributed by atoms with Crippen LogP contribution in [0, 0.1) is 0 Å². The van der Waals surface area contributed by atoms with Crippen LogP contribution in [0.2, 0.25) is 0 Å². The molecule has 0 saturated heterocycles. The number of alkyl halides is 2. The minimum atomic E-state index is -2.98. The number of aliphatic imine (C=N–C) groups is 1. The maximum atomic E-state index is 12.4. The van der Waals surface area contributed by atoms with E-state index in [0.29, 0.717) is 0 Å². The Balaban J connectivity index is 1.94. The van der Waals surface area contributed by atoms with Crippen molar-refractivity contribution in [2.45, 2.75) is 6.61 Å². The first-order valence-corrected chi connectivity index (χ1v) is 7.96. The van der Waals surface area contributed by atoms with Gasteiger partial charge < -0.3 is 9.47 Å².